The van der Waals surface area contributed by atoms with Crippen LogP contribution in [0.5, 0.6) is 0 Å². The molecule has 0 aliphatic carbocycles. The molecule has 166 valence electrons. The number of carbonyl (C=O) groups excluding carboxylic acids is 3. The minimum Gasteiger partial charge on any atom is -0.462 e. The summed E-state index contributed by atoms with van der Waals surface area (Å²) < 4.78 is 4.98. The van der Waals surface area contributed by atoms with Crippen molar-refractivity contribution in [3.05, 3.63) is 71.8 Å². The lowest BCUT2D eigenvalue weighted by molar-refractivity contribution is -0.129. The molecule has 0 unspecified atom stereocenters. The zero-order chi connectivity index (χ0) is 23.1. The van der Waals surface area contributed by atoms with Gasteiger partial charge in [0.1, 0.15) is 5.25 Å². The number of carbonyl (C=O) groups is 3. The van der Waals surface area contributed by atoms with Crippen LogP contribution in [0.1, 0.15) is 23.7 Å². The largest absolute Gasteiger partial charge is 0.462 e. The number of halogens is 1. The quantitative estimate of drug-likeness (QED) is 0.468. The van der Waals surface area contributed by atoms with Gasteiger partial charge < -0.3 is 10.1 Å². The molecular weight excluding hydrogens is 450 g/mol. The fourth-order valence-corrected chi connectivity index (χ4v) is 4.14. The van der Waals surface area contributed by atoms with Crippen LogP contribution in [0, 0.1) is 0 Å². The molecule has 1 N–H and O–H groups in total. The highest BCUT2D eigenvalue weighted by atomic mass is 35.5. The van der Waals surface area contributed by atoms with E-state index in [9.17, 15) is 14.4 Å². The van der Waals surface area contributed by atoms with Gasteiger partial charge in [-0.25, -0.2) is 9.79 Å². The van der Waals surface area contributed by atoms with Crippen molar-refractivity contribution in [1.29, 1.82) is 0 Å². The zero-order valence-corrected chi connectivity index (χ0v) is 19.0. The molecule has 1 aliphatic rings. The molecule has 9 heteroatoms. The van der Waals surface area contributed by atoms with Crippen molar-refractivity contribution in [1.82, 2.24) is 4.90 Å². The summed E-state index contributed by atoms with van der Waals surface area (Å²) in [7, 11) is 0. The topological polar surface area (TPSA) is 88.1 Å². The predicted octanol–water partition coefficient (Wildman–Crippen LogP) is 4.66. The lowest BCUT2D eigenvalue weighted by Gasteiger charge is -2.31. The molecule has 7 nitrogen and oxygen atoms in total. The Labute approximate surface area is 195 Å². The number of nitrogens with one attached hydrogen (secondary N) is 1. The van der Waals surface area contributed by atoms with Crippen LogP contribution in [0.4, 0.5) is 11.4 Å². The smallest absolute Gasteiger partial charge is 0.338 e. The van der Waals surface area contributed by atoms with Crippen LogP contribution >= 0.6 is 23.4 Å². The van der Waals surface area contributed by atoms with Gasteiger partial charge in [-0.3, -0.25) is 14.5 Å². The van der Waals surface area contributed by atoms with E-state index in [4.69, 9.17) is 16.3 Å². The van der Waals surface area contributed by atoms with Gasteiger partial charge in [0.15, 0.2) is 5.17 Å². The maximum atomic E-state index is 12.8. The Balaban J connectivity index is 1.80. The summed E-state index contributed by atoms with van der Waals surface area (Å²) in [5.74, 6) is -0.933. The molecule has 0 spiro atoms. The van der Waals surface area contributed by atoms with Crippen LogP contribution in [0.2, 0.25) is 5.02 Å². The van der Waals surface area contributed by atoms with E-state index in [1.54, 1.807) is 61.5 Å². The van der Waals surface area contributed by atoms with E-state index in [0.29, 0.717) is 27.1 Å². The maximum Gasteiger partial charge on any atom is 0.338 e. The molecular formula is C23H22ClN3O4S. The molecule has 3 rings (SSSR count). The number of hydrogen-bond acceptors (Lipinski definition) is 6. The van der Waals surface area contributed by atoms with Gasteiger partial charge in [-0.2, -0.15) is 0 Å². The lowest BCUT2D eigenvalue weighted by Crippen LogP contribution is -2.45. The van der Waals surface area contributed by atoms with E-state index in [1.165, 1.54) is 16.7 Å². The number of amidine groups is 1. The first-order chi connectivity index (χ1) is 15.4. The summed E-state index contributed by atoms with van der Waals surface area (Å²) >= 11 is 7.09. The molecule has 2 aromatic carbocycles. The molecule has 1 heterocycles. The molecule has 1 fully saturated rings. The van der Waals surface area contributed by atoms with Crippen LogP contribution < -0.4 is 5.32 Å². The SMILES string of the molecule is C=CCN1C(=O)C[C@@H](C(=O)Nc2ccc(Cl)cc2)SC1=Nc1ccc(C(=O)OCC)cc1. The van der Waals surface area contributed by atoms with Gasteiger partial charge in [-0.05, 0) is 55.5 Å². The zero-order valence-electron chi connectivity index (χ0n) is 17.4. The maximum absolute atomic E-state index is 12.8. The van der Waals surface area contributed by atoms with Gasteiger partial charge >= 0.3 is 5.97 Å². The number of thioether (sulfide) groups is 1. The monoisotopic (exact) mass is 471 g/mol. The number of ether oxygens (including phenoxy) is 1. The van der Waals surface area contributed by atoms with E-state index >= 15 is 0 Å². The highest BCUT2D eigenvalue weighted by Gasteiger charge is 2.35. The average molecular weight is 472 g/mol. The summed E-state index contributed by atoms with van der Waals surface area (Å²) in [6.45, 7) is 6.00. The van der Waals surface area contributed by atoms with Crippen molar-refractivity contribution in [2.24, 2.45) is 4.99 Å². The molecule has 2 amide bonds. The number of aliphatic imine (C=N–C) groups is 1. The van der Waals surface area contributed by atoms with Gasteiger partial charge in [0.2, 0.25) is 11.8 Å². The third-order valence-corrected chi connectivity index (χ3v) is 5.90. The second-order valence-corrected chi connectivity index (χ2v) is 8.37. The van der Waals surface area contributed by atoms with Crippen LogP contribution in [-0.2, 0) is 14.3 Å². The summed E-state index contributed by atoms with van der Waals surface area (Å²) in [5, 5.41) is 3.12. The lowest BCUT2D eigenvalue weighted by atomic mass is 10.2. The molecule has 0 radical (unpaired) electrons. The highest BCUT2D eigenvalue weighted by molar-refractivity contribution is 8.15. The van der Waals surface area contributed by atoms with Gasteiger partial charge in [-0.15, -0.1) is 6.58 Å². The minimum atomic E-state index is -0.642. The van der Waals surface area contributed by atoms with E-state index in [0.717, 1.165) is 0 Å². The Bertz CT molecular complexity index is 1040. The van der Waals surface area contributed by atoms with Crippen molar-refractivity contribution in [3.63, 3.8) is 0 Å². The van der Waals surface area contributed by atoms with Crippen LogP contribution in [0.15, 0.2) is 66.2 Å². The second kappa shape index (κ2) is 11.0. The highest BCUT2D eigenvalue weighted by Crippen LogP contribution is 2.30. The normalized spacial score (nSPS) is 17.2. The Morgan fingerprint density at radius 3 is 2.56 bits per heavy atom. The fourth-order valence-electron chi connectivity index (χ4n) is 2.90. The number of hydrogen-bond donors (Lipinski definition) is 1. The first-order valence-corrected chi connectivity index (χ1v) is 11.2. The van der Waals surface area contributed by atoms with Gasteiger partial charge in [0, 0.05) is 23.7 Å². The third-order valence-electron chi connectivity index (χ3n) is 4.46. The number of amides is 2. The summed E-state index contributed by atoms with van der Waals surface area (Å²) in [4.78, 5) is 43.4. The van der Waals surface area contributed by atoms with Crippen molar-refractivity contribution < 1.29 is 19.1 Å². The molecule has 1 atom stereocenters. The molecule has 0 bridgehead atoms. The Kier molecular flexibility index (Phi) is 8.08. The average Bonchev–Trinajstić information content (AvgIpc) is 2.78. The molecule has 1 saturated heterocycles. The van der Waals surface area contributed by atoms with Crippen LogP contribution in [-0.4, -0.2) is 46.3 Å². The van der Waals surface area contributed by atoms with Gasteiger partial charge in [0.05, 0.1) is 17.9 Å². The van der Waals surface area contributed by atoms with Crippen molar-refractivity contribution >= 4 is 57.7 Å². The Hall–Kier alpha value is -3.10. The number of anilines is 1. The van der Waals surface area contributed by atoms with Crippen molar-refractivity contribution in [2.75, 3.05) is 18.5 Å². The van der Waals surface area contributed by atoms with E-state index < -0.39 is 11.2 Å². The van der Waals surface area contributed by atoms with E-state index in [2.05, 4.69) is 16.9 Å². The van der Waals surface area contributed by atoms with Crippen molar-refractivity contribution in [2.45, 2.75) is 18.6 Å². The third kappa shape index (κ3) is 5.99. The number of nitrogens with zero attached hydrogens (tertiary/aromatic N) is 2. The number of benzene rings is 2. The van der Waals surface area contributed by atoms with E-state index in [1.807, 2.05) is 0 Å². The minimum absolute atomic E-state index is 0.0404. The van der Waals surface area contributed by atoms with Crippen molar-refractivity contribution in [3.8, 4) is 0 Å². The fraction of sp³-hybridized carbons (Fsp3) is 0.217. The standard InChI is InChI=1S/C23H22ClN3O4S/c1-3-13-27-20(28)14-19(21(29)25-17-11-7-16(24)8-12-17)32-23(27)26-18-9-5-15(6-10-18)22(30)31-4-2/h3,5-12,19H,1,4,13-14H2,2H3,(H,25,29)/t19-/m0/s1. The van der Waals surface area contributed by atoms with Crippen LogP contribution in [0.3, 0.4) is 0 Å². The summed E-state index contributed by atoms with van der Waals surface area (Å²) in [5.41, 5.74) is 1.54. The summed E-state index contributed by atoms with van der Waals surface area (Å²) in [6.07, 6.45) is 1.64. The molecule has 2 aromatic rings. The Morgan fingerprint density at radius 2 is 1.94 bits per heavy atom. The molecule has 1 aliphatic heterocycles. The first-order valence-electron chi connectivity index (χ1n) is 9.91. The number of esters is 1. The number of rotatable bonds is 7. The predicted molar refractivity (Wildman–Crippen MR) is 127 cm³/mol. The Morgan fingerprint density at radius 1 is 1.25 bits per heavy atom. The molecule has 0 saturated carbocycles. The van der Waals surface area contributed by atoms with E-state index in [-0.39, 0.29) is 31.4 Å². The summed E-state index contributed by atoms with van der Waals surface area (Å²) in [6, 6.07) is 13.3. The molecule has 32 heavy (non-hydrogen) atoms. The van der Waals surface area contributed by atoms with Crippen LogP contribution in [0.25, 0.3) is 0 Å². The van der Waals surface area contributed by atoms with Gasteiger partial charge in [-0.1, -0.05) is 29.4 Å². The van der Waals surface area contributed by atoms with Gasteiger partial charge in [0.25, 0.3) is 0 Å². The first kappa shape index (κ1) is 23.6. The molecule has 0 aromatic heterocycles. The second-order valence-electron chi connectivity index (χ2n) is 6.76.